The average Bonchev–Trinajstić information content (AvgIpc) is 3.53. The minimum absolute atomic E-state index is 0.223. The SMILES string of the molecule is O=C(c1cc2c(s1)CCCC2)N1CCN(CCCc2nc(-c3cccs3)no2)CC1. The maximum absolute atomic E-state index is 12.9. The van der Waals surface area contributed by atoms with Crippen LogP contribution in [0.2, 0.25) is 0 Å². The summed E-state index contributed by atoms with van der Waals surface area (Å²) in [6, 6.07) is 6.15. The third-order valence-corrected chi connectivity index (χ3v) is 8.03. The van der Waals surface area contributed by atoms with Crippen molar-refractivity contribution in [3.63, 3.8) is 0 Å². The Bertz CT molecular complexity index is 963. The minimum Gasteiger partial charge on any atom is -0.339 e. The van der Waals surface area contributed by atoms with Gasteiger partial charge in [0.25, 0.3) is 5.91 Å². The van der Waals surface area contributed by atoms with E-state index in [-0.39, 0.29) is 5.91 Å². The van der Waals surface area contributed by atoms with Crippen LogP contribution >= 0.6 is 22.7 Å². The van der Waals surface area contributed by atoms with Crippen molar-refractivity contribution in [3.8, 4) is 10.7 Å². The van der Waals surface area contributed by atoms with Crippen molar-refractivity contribution in [2.45, 2.75) is 38.5 Å². The molecule has 0 radical (unpaired) electrons. The van der Waals surface area contributed by atoms with Crippen LogP contribution < -0.4 is 0 Å². The lowest BCUT2D eigenvalue weighted by molar-refractivity contribution is 0.0640. The van der Waals surface area contributed by atoms with E-state index in [0.29, 0.717) is 11.7 Å². The zero-order valence-corrected chi connectivity index (χ0v) is 18.6. The summed E-state index contributed by atoms with van der Waals surface area (Å²) >= 11 is 3.34. The Morgan fingerprint density at radius 2 is 2.03 bits per heavy atom. The summed E-state index contributed by atoms with van der Waals surface area (Å²) in [5.74, 6) is 1.61. The van der Waals surface area contributed by atoms with Gasteiger partial charge in [-0.15, -0.1) is 22.7 Å². The molecule has 2 aliphatic rings. The molecule has 1 fully saturated rings. The molecule has 3 aromatic heterocycles. The minimum atomic E-state index is 0.223. The molecule has 158 valence electrons. The lowest BCUT2D eigenvalue weighted by atomic mass is 9.99. The van der Waals surface area contributed by atoms with Crippen molar-refractivity contribution >= 4 is 28.6 Å². The highest BCUT2D eigenvalue weighted by molar-refractivity contribution is 7.14. The first-order valence-electron chi connectivity index (χ1n) is 10.8. The van der Waals surface area contributed by atoms with Gasteiger partial charge in [0, 0.05) is 37.5 Å². The second-order valence-electron chi connectivity index (χ2n) is 7.99. The largest absolute Gasteiger partial charge is 0.339 e. The second kappa shape index (κ2) is 8.99. The Balaban J connectivity index is 1.07. The van der Waals surface area contributed by atoms with Crippen molar-refractivity contribution in [1.29, 1.82) is 0 Å². The van der Waals surface area contributed by atoms with E-state index in [1.807, 2.05) is 22.4 Å². The number of piperazine rings is 1. The standard InChI is InChI=1S/C22H26N4O2S2/c27-22(19-15-16-5-1-2-6-17(16)30-19)26-12-10-25(11-13-26)9-3-8-20-23-21(24-28-20)18-7-4-14-29-18/h4,7,14-15H,1-3,5-6,8-13H2. The van der Waals surface area contributed by atoms with E-state index in [4.69, 9.17) is 4.52 Å². The van der Waals surface area contributed by atoms with Gasteiger partial charge in [0.2, 0.25) is 11.7 Å². The Labute approximate surface area is 184 Å². The van der Waals surface area contributed by atoms with Crippen molar-refractivity contribution in [3.05, 3.63) is 44.8 Å². The maximum atomic E-state index is 12.9. The smallest absolute Gasteiger partial charge is 0.264 e. The van der Waals surface area contributed by atoms with Gasteiger partial charge in [0.15, 0.2) is 0 Å². The maximum Gasteiger partial charge on any atom is 0.264 e. The highest BCUT2D eigenvalue weighted by Gasteiger charge is 2.25. The fraction of sp³-hybridized carbons (Fsp3) is 0.500. The number of fused-ring (bicyclic) bond motifs is 1. The number of carbonyl (C=O) groups excluding carboxylic acids is 1. The van der Waals surface area contributed by atoms with Gasteiger partial charge in [-0.2, -0.15) is 4.98 Å². The lowest BCUT2D eigenvalue weighted by Crippen LogP contribution is -2.48. The molecule has 1 aliphatic carbocycles. The van der Waals surface area contributed by atoms with Gasteiger partial charge < -0.3 is 9.42 Å². The molecule has 4 heterocycles. The van der Waals surface area contributed by atoms with Crippen LogP contribution in [-0.2, 0) is 19.3 Å². The monoisotopic (exact) mass is 442 g/mol. The van der Waals surface area contributed by atoms with Crippen LogP contribution in [0.1, 0.15) is 45.3 Å². The van der Waals surface area contributed by atoms with Gasteiger partial charge in [-0.1, -0.05) is 11.2 Å². The zero-order valence-electron chi connectivity index (χ0n) is 17.0. The quantitative estimate of drug-likeness (QED) is 0.574. The highest BCUT2D eigenvalue weighted by atomic mass is 32.1. The average molecular weight is 443 g/mol. The molecular formula is C22H26N4O2S2. The van der Waals surface area contributed by atoms with Crippen LogP contribution in [0.25, 0.3) is 10.7 Å². The summed E-state index contributed by atoms with van der Waals surface area (Å²) in [4.78, 5) is 25.3. The van der Waals surface area contributed by atoms with Crippen LogP contribution in [0.5, 0.6) is 0 Å². The van der Waals surface area contributed by atoms with E-state index in [1.54, 1.807) is 22.7 Å². The Morgan fingerprint density at radius 1 is 1.17 bits per heavy atom. The molecule has 0 unspecified atom stereocenters. The third-order valence-electron chi connectivity index (χ3n) is 5.94. The topological polar surface area (TPSA) is 62.5 Å². The molecular weight excluding hydrogens is 416 g/mol. The molecule has 0 N–H and O–H groups in total. The van der Waals surface area contributed by atoms with Crippen LogP contribution in [-0.4, -0.2) is 58.6 Å². The number of hydrogen-bond acceptors (Lipinski definition) is 7. The molecule has 0 bridgehead atoms. The number of thiophene rings is 2. The third kappa shape index (κ3) is 4.36. The summed E-state index contributed by atoms with van der Waals surface area (Å²) in [6.45, 7) is 4.48. The summed E-state index contributed by atoms with van der Waals surface area (Å²) in [5.41, 5.74) is 1.41. The molecule has 5 rings (SSSR count). The Kier molecular flexibility index (Phi) is 5.97. The summed E-state index contributed by atoms with van der Waals surface area (Å²) < 4.78 is 5.39. The van der Waals surface area contributed by atoms with Crippen LogP contribution in [0.4, 0.5) is 0 Å². The van der Waals surface area contributed by atoms with Crippen molar-refractivity contribution in [1.82, 2.24) is 19.9 Å². The molecule has 0 atom stereocenters. The number of hydrogen-bond donors (Lipinski definition) is 0. The van der Waals surface area contributed by atoms with Gasteiger partial charge in [0.05, 0.1) is 9.75 Å². The number of nitrogens with zero attached hydrogens (tertiary/aromatic N) is 4. The molecule has 1 aliphatic heterocycles. The van der Waals surface area contributed by atoms with Crippen LogP contribution in [0, 0.1) is 0 Å². The van der Waals surface area contributed by atoms with E-state index in [2.05, 4.69) is 21.1 Å². The van der Waals surface area contributed by atoms with Crippen molar-refractivity contribution in [2.75, 3.05) is 32.7 Å². The number of aromatic nitrogens is 2. The summed E-state index contributed by atoms with van der Waals surface area (Å²) in [6.07, 6.45) is 6.58. The molecule has 1 saturated heterocycles. The van der Waals surface area contributed by atoms with E-state index in [1.165, 1.54) is 23.3 Å². The van der Waals surface area contributed by atoms with E-state index < -0.39 is 0 Å². The van der Waals surface area contributed by atoms with Gasteiger partial charge in [-0.05, 0) is 61.7 Å². The fourth-order valence-electron chi connectivity index (χ4n) is 4.24. The Morgan fingerprint density at radius 3 is 2.83 bits per heavy atom. The second-order valence-corrected chi connectivity index (χ2v) is 10.1. The van der Waals surface area contributed by atoms with Crippen LogP contribution in [0.3, 0.4) is 0 Å². The predicted molar refractivity (Wildman–Crippen MR) is 119 cm³/mol. The van der Waals surface area contributed by atoms with Crippen molar-refractivity contribution in [2.24, 2.45) is 0 Å². The molecule has 3 aromatic rings. The summed E-state index contributed by atoms with van der Waals surface area (Å²) in [7, 11) is 0. The molecule has 0 saturated carbocycles. The van der Waals surface area contributed by atoms with Gasteiger partial charge in [-0.3, -0.25) is 9.69 Å². The molecule has 30 heavy (non-hydrogen) atoms. The number of aryl methyl sites for hydroxylation is 3. The summed E-state index contributed by atoms with van der Waals surface area (Å²) in [5, 5.41) is 6.09. The van der Waals surface area contributed by atoms with Crippen LogP contribution in [0.15, 0.2) is 28.1 Å². The molecule has 8 heteroatoms. The normalized spacial score (nSPS) is 17.3. The lowest BCUT2D eigenvalue weighted by Gasteiger charge is -2.34. The fourth-order valence-corrected chi connectivity index (χ4v) is 6.11. The molecule has 1 amide bonds. The van der Waals surface area contributed by atoms with E-state index in [9.17, 15) is 4.79 Å². The predicted octanol–water partition coefficient (Wildman–Crippen LogP) is 4.13. The van der Waals surface area contributed by atoms with E-state index in [0.717, 1.165) is 68.2 Å². The molecule has 0 aromatic carbocycles. The zero-order chi connectivity index (χ0) is 20.3. The highest BCUT2D eigenvalue weighted by Crippen LogP contribution is 2.30. The first-order chi connectivity index (χ1) is 14.8. The van der Waals surface area contributed by atoms with Gasteiger partial charge >= 0.3 is 0 Å². The number of rotatable bonds is 6. The van der Waals surface area contributed by atoms with Gasteiger partial charge in [0.1, 0.15) is 0 Å². The number of carbonyl (C=O) groups is 1. The first-order valence-corrected chi connectivity index (χ1v) is 12.5. The Hall–Kier alpha value is -2.03. The van der Waals surface area contributed by atoms with E-state index >= 15 is 0 Å². The first kappa shape index (κ1) is 19.9. The molecule has 6 nitrogen and oxygen atoms in total. The number of amides is 1. The molecule has 0 spiro atoms. The van der Waals surface area contributed by atoms with Crippen molar-refractivity contribution < 1.29 is 9.32 Å². The van der Waals surface area contributed by atoms with Gasteiger partial charge in [-0.25, -0.2) is 0 Å².